The van der Waals surface area contributed by atoms with E-state index in [1.807, 2.05) is 0 Å². The van der Waals surface area contributed by atoms with Crippen LogP contribution in [0.25, 0.3) is 28.1 Å². The van der Waals surface area contributed by atoms with Crippen molar-refractivity contribution < 1.29 is 27.1 Å². The highest BCUT2D eigenvalue weighted by Gasteiger charge is 2.32. The first-order chi connectivity index (χ1) is 20.1. The van der Waals surface area contributed by atoms with Crippen molar-refractivity contribution in [3.63, 3.8) is 0 Å². The molecule has 230 valence electrons. The summed E-state index contributed by atoms with van der Waals surface area (Å²) in [5.41, 5.74) is 7.13. The van der Waals surface area contributed by atoms with Gasteiger partial charge in [-0.3, -0.25) is 14.0 Å². The van der Waals surface area contributed by atoms with E-state index in [0.29, 0.717) is 30.9 Å². The normalized spacial score (nSPS) is 15.2. The summed E-state index contributed by atoms with van der Waals surface area (Å²) in [6.45, 7) is 9.86. The molecule has 13 nitrogen and oxygen atoms in total. The number of hydrogen-bond acceptors (Lipinski definition) is 9. The van der Waals surface area contributed by atoms with Gasteiger partial charge in [-0.05, 0) is 25.1 Å². The molecular formula is C27H35FN8O5SSi. The van der Waals surface area contributed by atoms with Crippen molar-refractivity contribution in [1.29, 1.82) is 0 Å². The molecular weight excluding hydrogens is 595 g/mol. The predicted octanol–water partition coefficient (Wildman–Crippen LogP) is 1.89. The maximum atomic E-state index is 14.1. The van der Waals surface area contributed by atoms with E-state index in [0.717, 1.165) is 22.9 Å². The summed E-state index contributed by atoms with van der Waals surface area (Å²) in [4.78, 5) is 41.3. The maximum Gasteiger partial charge on any atom is 0.255 e. The number of hydrogen-bond donors (Lipinski definition) is 2. The highest BCUT2D eigenvalue weighted by Crippen LogP contribution is 2.28. The van der Waals surface area contributed by atoms with Crippen LogP contribution in [-0.2, 0) is 26.1 Å². The fourth-order valence-corrected chi connectivity index (χ4v) is 6.28. The first kappa shape index (κ1) is 30.7. The second-order valence-corrected chi connectivity index (χ2v) is 19.6. The van der Waals surface area contributed by atoms with Gasteiger partial charge in [0, 0.05) is 52.5 Å². The van der Waals surface area contributed by atoms with Crippen LogP contribution < -0.4 is 11.1 Å². The lowest BCUT2D eigenvalue weighted by Gasteiger charge is -2.38. The molecule has 0 bridgehead atoms. The molecule has 1 aliphatic rings. The van der Waals surface area contributed by atoms with Gasteiger partial charge >= 0.3 is 0 Å². The van der Waals surface area contributed by atoms with E-state index in [-0.39, 0.29) is 46.3 Å². The van der Waals surface area contributed by atoms with Crippen LogP contribution >= 0.6 is 0 Å². The number of carbonyl (C=O) groups is 2. The van der Waals surface area contributed by atoms with Crippen LogP contribution in [0.1, 0.15) is 17.3 Å². The minimum absolute atomic E-state index is 0.0711. The number of ether oxygens (including phenoxy) is 1. The smallest absolute Gasteiger partial charge is 0.255 e. The average Bonchev–Trinajstić information content (AvgIpc) is 3.46. The van der Waals surface area contributed by atoms with Gasteiger partial charge in [-0.25, -0.2) is 27.8 Å². The minimum atomic E-state index is -3.84. The van der Waals surface area contributed by atoms with E-state index in [4.69, 9.17) is 10.5 Å². The van der Waals surface area contributed by atoms with Crippen LogP contribution in [0.4, 0.5) is 4.39 Å². The highest BCUT2D eigenvalue weighted by atomic mass is 32.2. The molecule has 0 spiro atoms. The number of imidazole rings is 1. The number of fused-ring (bicyclic) bond motifs is 2. The first-order valence-electron chi connectivity index (χ1n) is 13.8. The van der Waals surface area contributed by atoms with Crippen LogP contribution in [-0.4, -0.2) is 95.2 Å². The van der Waals surface area contributed by atoms with E-state index in [1.165, 1.54) is 18.3 Å². The van der Waals surface area contributed by atoms with E-state index < -0.39 is 35.7 Å². The Morgan fingerprint density at radius 1 is 1.21 bits per heavy atom. The van der Waals surface area contributed by atoms with E-state index >= 15 is 0 Å². The van der Waals surface area contributed by atoms with Gasteiger partial charge in [0.2, 0.25) is 20.9 Å². The largest absolute Gasteiger partial charge is 0.361 e. The number of nitrogens with zero attached hydrogens (tertiary/aromatic N) is 6. The quantitative estimate of drug-likeness (QED) is 0.196. The van der Waals surface area contributed by atoms with Crippen molar-refractivity contribution in [3.8, 4) is 11.4 Å². The van der Waals surface area contributed by atoms with E-state index in [9.17, 15) is 22.4 Å². The molecule has 1 saturated heterocycles. The van der Waals surface area contributed by atoms with Crippen molar-refractivity contribution in [3.05, 3.63) is 42.1 Å². The fraction of sp³-hybridized carbons (Fsp3) is 0.444. The third-order valence-electron chi connectivity index (χ3n) is 7.12. The number of amides is 2. The van der Waals surface area contributed by atoms with Crippen LogP contribution in [0.3, 0.4) is 0 Å². The monoisotopic (exact) mass is 630 g/mol. The van der Waals surface area contributed by atoms with Gasteiger partial charge in [-0.2, -0.15) is 0 Å². The highest BCUT2D eigenvalue weighted by molar-refractivity contribution is 7.90. The van der Waals surface area contributed by atoms with Crippen LogP contribution in [0.5, 0.6) is 0 Å². The van der Waals surface area contributed by atoms with Crippen molar-refractivity contribution in [1.82, 2.24) is 34.1 Å². The number of sulfone groups is 1. The Bertz CT molecular complexity index is 1830. The summed E-state index contributed by atoms with van der Waals surface area (Å²) in [6.07, 6.45) is 4.99. The summed E-state index contributed by atoms with van der Waals surface area (Å²) < 4.78 is 47.7. The molecule has 1 atom stereocenters. The van der Waals surface area contributed by atoms with Crippen molar-refractivity contribution >= 4 is 46.4 Å². The third kappa shape index (κ3) is 6.46. The molecule has 2 amide bonds. The molecule has 0 radical (unpaired) electrons. The molecule has 5 rings (SSSR count). The van der Waals surface area contributed by atoms with Crippen LogP contribution in [0.2, 0.25) is 25.7 Å². The van der Waals surface area contributed by atoms with Crippen molar-refractivity contribution in [2.45, 2.75) is 56.6 Å². The molecule has 0 saturated carbocycles. The molecule has 4 aromatic heterocycles. The Morgan fingerprint density at radius 2 is 1.93 bits per heavy atom. The van der Waals surface area contributed by atoms with Gasteiger partial charge < -0.3 is 25.3 Å². The molecule has 0 aliphatic carbocycles. The lowest BCUT2D eigenvalue weighted by Crippen LogP contribution is -2.61. The maximum absolute atomic E-state index is 14.1. The number of carbonyl (C=O) groups excluding carboxylic acids is 2. The Kier molecular flexibility index (Phi) is 8.15. The van der Waals surface area contributed by atoms with Gasteiger partial charge in [-0.1, -0.05) is 19.6 Å². The number of likely N-dealkylation sites (tertiary alicyclic amines) is 1. The number of aromatic nitrogens is 5. The Balaban J connectivity index is 1.54. The van der Waals surface area contributed by atoms with Crippen molar-refractivity contribution in [2.75, 3.05) is 26.0 Å². The zero-order valence-corrected chi connectivity index (χ0v) is 26.5. The van der Waals surface area contributed by atoms with Crippen molar-refractivity contribution in [2.24, 2.45) is 5.73 Å². The number of pyridine rings is 1. The molecule has 0 unspecified atom stereocenters. The lowest BCUT2D eigenvalue weighted by molar-refractivity contribution is -0.137. The standard InChI is InChI=1S/C27H35FN8O5SSi/c1-16(26(38)34-12-18(29)13-34)31-25(37)19-14-35(15-41-8-9-43(3,4)5)24-22(19)32-20(10-30-24)23-21-7-6-17(28)11-36(21)27(33-23)42(2,39)40/h6-7,10-11,14,16,18H,8-9,12-13,15,29H2,1-5H3,(H,31,37)/t16-/m1/s1. The average molecular weight is 631 g/mol. The number of rotatable bonds is 10. The zero-order valence-electron chi connectivity index (χ0n) is 24.7. The molecule has 0 aromatic carbocycles. The molecule has 1 aliphatic heterocycles. The van der Waals surface area contributed by atoms with E-state index in [2.05, 4.69) is 39.9 Å². The Labute approximate surface area is 249 Å². The molecule has 1 fully saturated rings. The first-order valence-corrected chi connectivity index (χ1v) is 19.4. The number of nitrogens with one attached hydrogen (secondary N) is 1. The Hall–Kier alpha value is -3.73. The van der Waals surface area contributed by atoms with Gasteiger partial charge in [0.05, 0.1) is 17.3 Å². The molecule has 3 N–H and O–H groups in total. The number of nitrogens with two attached hydrogens (primary N) is 1. The Morgan fingerprint density at radius 3 is 2.58 bits per heavy atom. The van der Waals surface area contributed by atoms with E-state index in [1.54, 1.807) is 22.6 Å². The minimum Gasteiger partial charge on any atom is -0.361 e. The topological polar surface area (TPSA) is 167 Å². The summed E-state index contributed by atoms with van der Waals surface area (Å²) in [6, 6.07) is 2.66. The lowest BCUT2D eigenvalue weighted by atomic mass is 10.1. The molecule has 4 aromatic rings. The van der Waals surface area contributed by atoms with Gasteiger partial charge in [-0.15, -0.1) is 0 Å². The number of halogens is 1. The summed E-state index contributed by atoms with van der Waals surface area (Å²) >= 11 is 0. The molecule has 16 heteroatoms. The molecule has 5 heterocycles. The SMILES string of the molecule is C[C@@H](NC(=O)c1cn(COCC[Si](C)(C)C)c2ncc(-c3nc(S(C)(=O)=O)n4cc(F)ccc34)nc12)C(=O)N1CC(N)C1. The summed E-state index contributed by atoms with van der Waals surface area (Å²) in [7, 11) is -5.17. The fourth-order valence-electron chi connectivity index (χ4n) is 4.76. The van der Waals surface area contributed by atoms with Gasteiger partial charge in [0.25, 0.3) is 5.91 Å². The summed E-state index contributed by atoms with van der Waals surface area (Å²) in [5, 5.41) is 2.39. The third-order valence-corrected chi connectivity index (χ3v) is 9.77. The van der Waals surface area contributed by atoms with Crippen LogP contribution in [0.15, 0.2) is 35.9 Å². The summed E-state index contributed by atoms with van der Waals surface area (Å²) in [5.74, 6) is -1.43. The molecule has 43 heavy (non-hydrogen) atoms. The predicted molar refractivity (Wildman–Crippen MR) is 160 cm³/mol. The van der Waals surface area contributed by atoms with Crippen LogP contribution in [0, 0.1) is 5.82 Å². The van der Waals surface area contributed by atoms with Gasteiger partial charge in [0.1, 0.15) is 35.5 Å². The second kappa shape index (κ2) is 11.4. The zero-order chi connectivity index (χ0) is 31.3. The second-order valence-electron chi connectivity index (χ2n) is 12.1. The van der Waals surface area contributed by atoms with Gasteiger partial charge in [0.15, 0.2) is 5.65 Å².